The molecule has 6 nitrogen and oxygen atoms in total. The molecule has 2 heterocycles. The largest absolute Gasteiger partial charge is 0.497 e. The lowest BCUT2D eigenvalue weighted by Gasteiger charge is -2.01. The van der Waals surface area contributed by atoms with Gasteiger partial charge >= 0.3 is 0 Å². The van der Waals surface area contributed by atoms with Gasteiger partial charge in [0, 0.05) is 21.7 Å². The zero-order valence-corrected chi connectivity index (χ0v) is 14.8. The summed E-state index contributed by atoms with van der Waals surface area (Å²) in [5, 5.41) is 12.0. The second-order valence-electron chi connectivity index (χ2n) is 5.30. The van der Waals surface area contributed by atoms with Crippen molar-refractivity contribution in [3.63, 3.8) is 0 Å². The highest BCUT2D eigenvalue weighted by molar-refractivity contribution is 9.10. The summed E-state index contributed by atoms with van der Waals surface area (Å²) < 4.78 is 11.7. The molecule has 0 amide bonds. The molecule has 0 saturated carbocycles. The van der Waals surface area contributed by atoms with E-state index < -0.39 is 0 Å². The van der Waals surface area contributed by atoms with Crippen LogP contribution in [0.4, 0.5) is 0 Å². The Bertz CT molecular complexity index is 977. The minimum Gasteiger partial charge on any atom is -0.497 e. The van der Waals surface area contributed by atoms with Crippen molar-refractivity contribution < 1.29 is 9.26 Å². The number of hydrogen-bond donors (Lipinski definition) is 0. The van der Waals surface area contributed by atoms with Gasteiger partial charge in [0.2, 0.25) is 0 Å². The number of benzene rings is 2. The molecule has 123 valence electrons. The van der Waals surface area contributed by atoms with Crippen LogP contribution in [0, 0.1) is 0 Å². The van der Waals surface area contributed by atoms with E-state index in [1.165, 1.54) is 0 Å². The quantitative estimate of drug-likeness (QED) is 0.628. The van der Waals surface area contributed by atoms with E-state index in [-0.39, 0.29) is 0 Å². The fraction of sp³-hybridized carbons (Fsp3) is 0.0556. The number of ether oxygens (including phenoxy) is 1. The first-order valence-corrected chi connectivity index (χ1v) is 8.27. The first-order chi connectivity index (χ1) is 12.2. The maximum absolute atomic E-state index is 5.48. The van der Waals surface area contributed by atoms with Crippen molar-refractivity contribution in [2.45, 2.75) is 0 Å². The van der Waals surface area contributed by atoms with Gasteiger partial charge in [0.1, 0.15) is 17.1 Å². The predicted octanol–water partition coefficient (Wildman–Crippen LogP) is 4.92. The van der Waals surface area contributed by atoms with Gasteiger partial charge in [0.25, 0.3) is 0 Å². The van der Waals surface area contributed by atoms with Gasteiger partial charge in [-0.25, -0.2) is 0 Å². The Balaban J connectivity index is 1.71. The molecule has 0 unspecified atom stereocenters. The molecule has 1 aromatic heterocycles. The third-order valence-electron chi connectivity index (χ3n) is 3.74. The third-order valence-corrected chi connectivity index (χ3v) is 4.27. The summed E-state index contributed by atoms with van der Waals surface area (Å²) >= 11 is 3.42. The Morgan fingerprint density at radius 3 is 2.60 bits per heavy atom. The molecule has 0 spiro atoms. The summed E-state index contributed by atoms with van der Waals surface area (Å²) in [6.45, 7) is 0. The second-order valence-corrected chi connectivity index (χ2v) is 6.22. The van der Waals surface area contributed by atoms with Crippen LogP contribution in [0.2, 0.25) is 0 Å². The molecule has 25 heavy (non-hydrogen) atoms. The monoisotopic (exact) mass is 395 g/mol. The fourth-order valence-electron chi connectivity index (χ4n) is 2.48. The Morgan fingerprint density at radius 2 is 1.80 bits per heavy atom. The minimum atomic E-state index is 0.515. The second kappa shape index (κ2) is 6.52. The Morgan fingerprint density at radius 1 is 0.960 bits per heavy atom. The highest BCUT2D eigenvalue weighted by Crippen LogP contribution is 2.33. The van der Waals surface area contributed by atoms with Crippen LogP contribution in [-0.2, 0) is 0 Å². The first-order valence-electron chi connectivity index (χ1n) is 7.48. The lowest BCUT2D eigenvalue weighted by Crippen LogP contribution is -1.92. The van der Waals surface area contributed by atoms with Crippen LogP contribution in [0.1, 0.15) is 11.3 Å². The van der Waals surface area contributed by atoms with Crippen LogP contribution in [0.5, 0.6) is 5.75 Å². The molecule has 0 bridgehead atoms. The normalized spacial score (nSPS) is 13.2. The number of aromatic nitrogens is 1. The molecule has 1 aliphatic rings. The SMILES string of the molecule is COc1cccc(-c2cc(C3=C(c4ccc(Br)cc4)N=N[N]3)on2)c1. The Labute approximate surface area is 152 Å². The Hall–Kier alpha value is -2.93. The zero-order valence-electron chi connectivity index (χ0n) is 13.2. The molecule has 2 aromatic carbocycles. The van der Waals surface area contributed by atoms with E-state index in [1.54, 1.807) is 7.11 Å². The van der Waals surface area contributed by atoms with Crippen molar-refractivity contribution >= 4 is 27.3 Å². The van der Waals surface area contributed by atoms with E-state index in [1.807, 2.05) is 54.6 Å². The van der Waals surface area contributed by atoms with Crippen LogP contribution in [0.3, 0.4) is 0 Å². The maximum Gasteiger partial charge on any atom is 0.190 e. The van der Waals surface area contributed by atoms with Gasteiger partial charge in [-0.3, -0.25) is 0 Å². The molecule has 0 aliphatic carbocycles. The van der Waals surface area contributed by atoms with Crippen LogP contribution in [-0.4, -0.2) is 12.3 Å². The van der Waals surface area contributed by atoms with Crippen LogP contribution in [0.15, 0.2) is 73.9 Å². The molecule has 0 fully saturated rings. The van der Waals surface area contributed by atoms with Crippen LogP contribution in [0.25, 0.3) is 22.7 Å². The van der Waals surface area contributed by atoms with E-state index in [4.69, 9.17) is 9.26 Å². The number of halogens is 1. The minimum absolute atomic E-state index is 0.515. The van der Waals surface area contributed by atoms with Crippen molar-refractivity contribution in [3.05, 3.63) is 70.4 Å². The van der Waals surface area contributed by atoms with Crippen molar-refractivity contribution in [3.8, 4) is 17.0 Å². The molecular formula is C18H12BrN4O2. The van der Waals surface area contributed by atoms with E-state index in [0.717, 1.165) is 21.3 Å². The first kappa shape index (κ1) is 15.6. The van der Waals surface area contributed by atoms with Gasteiger partial charge in [-0.05, 0) is 29.5 Å². The zero-order chi connectivity index (χ0) is 17.2. The number of hydrogen-bond acceptors (Lipinski definition) is 5. The van der Waals surface area contributed by atoms with Crippen molar-refractivity contribution in [1.29, 1.82) is 0 Å². The summed E-state index contributed by atoms with van der Waals surface area (Å²) in [7, 11) is 1.63. The van der Waals surface area contributed by atoms with Gasteiger partial charge in [-0.15, -0.1) is 10.5 Å². The van der Waals surface area contributed by atoms with Gasteiger partial charge in [0.15, 0.2) is 11.5 Å². The summed E-state index contributed by atoms with van der Waals surface area (Å²) in [4.78, 5) is 0. The fourth-order valence-corrected chi connectivity index (χ4v) is 2.74. The van der Waals surface area contributed by atoms with Crippen molar-refractivity contribution in [2.24, 2.45) is 10.3 Å². The molecule has 4 rings (SSSR count). The molecule has 0 saturated heterocycles. The molecule has 0 atom stereocenters. The molecule has 0 N–H and O–H groups in total. The van der Waals surface area contributed by atoms with Crippen molar-refractivity contribution in [1.82, 2.24) is 10.6 Å². The lowest BCUT2D eigenvalue weighted by atomic mass is 10.1. The van der Waals surface area contributed by atoms with Gasteiger partial charge in [-0.1, -0.05) is 45.4 Å². The highest BCUT2D eigenvalue weighted by atomic mass is 79.9. The van der Waals surface area contributed by atoms with E-state index in [9.17, 15) is 0 Å². The smallest absolute Gasteiger partial charge is 0.190 e. The summed E-state index contributed by atoms with van der Waals surface area (Å²) in [5.41, 5.74) is 7.80. The molecule has 1 aliphatic heterocycles. The Kier molecular flexibility index (Phi) is 4.07. The van der Waals surface area contributed by atoms with E-state index in [0.29, 0.717) is 22.8 Å². The van der Waals surface area contributed by atoms with Crippen molar-refractivity contribution in [2.75, 3.05) is 7.11 Å². The number of methoxy groups -OCH3 is 1. The van der Waals surface area contributed by atoms with Gasteiger partial charge in [-0.2, -0.15) is 0 Å². The lowest BCUT2D eigenvalue weighted by molar-refractivity contribution is 0.409. The summed E-state index contributed by atoms with van der Waals surface area (Å²) in [6.07, 6.45) is 0. The topological polar surface area (TPSA) is 74.1 Å². The average Bonchev–Trinajstić information content (AvgIpc) is 3.31. The molecule has 7 heteroatoms. The van der Waals surface area contributed by atoms with Crippen LogP contribution < -0.4 is 10.2 Å². The number of rotatable bonds is 4. The van der Waals surface area contributed by atoms with Crippen LogP contribution >= 0.6 is 15.9 Å². The summed E-state index contributed by atoms with van der Waals surface area (Å²) in [6, 6.07) is 17.2. The predicted molar refractivity (Wildman–Crippen MR) is 96.4 cm³/mol. The van der Waals surface area contributed by atoms with E-state index >= 15 is 0 Å². The average molecular weight is 396 g/mol. The van der Waals surface area contributed by atoms with E-state index in [2.05, 4.69) is 36.8 Å². The molecular weight excluding hydrogens is 384 g/mol. The number of nitrogens with zero attached hydrogens (tertiary/aromatic N) is 4. The van der Waals surface area contributed by atoms with Gasteiger partial charge < -0.3 is 9.26 Å². The third kappa shape index (κ3) is 3.06. The molecule has 1 radical (unpaired) electrons. The molecule has 3 aromatic rings. The maximum atomic E-state index is 5.48. The van der Waals surface area contributed by atoms with Gasteiger partial charge in [0.05, 0.1) is 7.11 Å². The standard InChI is InChI=1S/C18H12BrN4O2/c1-24-14-4-2-3-12(9-14)15-10-16(25-22-15)18-17(20-23-21-18)11-5-7-13(19)8-6-11/h2-10H,1H3. The highest BCUT2D eigenvalue weighted by Gasteiger charge is 2.22. The summed E-state index contributed by atoms with van der Waals surface area (Å²) in [5.74, 6) is 1.27.